The van der Waals surface area contributed by atoms with Crippen molar-refractivity contribution < 1.29 is 0 Å². The van der Waals surface area contributed by atoms with E-state index in [1.807, 2.05) is 7.05 Å². The number of hydrogen-bond donors (Lipinski definition) is 1. The van der Waals surface area contributed by atoms with Crippen molar-refractivity contribution in [2.24, 2.45) is 0 Å². The van der Waals surface area contributed by atoms with E-state index in [9.17, 15) is 0 Å². The summed E-state index contributed by atoms with van der Waals surface area (Å²) in [6, 6.07) is 8.87. The fourth-order valence-electron chi connectivity index (χ4n) is 2.77. The molecule has 0 radical (unpaired) electrons. The van der Waals surface area contributed by atoms with Gasteiger partial charge in [-0.1, -0.05) is 30.7 Å². The Morgan fingerprint density at radius 3 is 2.25 bits per heavy atom. The van der Waals surface area contributed by atoms with E-state index in [4.69, 9.17) is 0 Å². The van der Waals surface area contributed by atoms with E-state index < -0.39 is 0 Å². The lowest BCUT2D eigenvalue weighted by atomic mass is 9.80. The molecule has 0 saturated heterocycles. The zero-order valence-electron chi connectivity index (χ0n) is 12.4. The van der Waals surface area contributed by atoms with E-state index >= 15 is 0 Å². The second kappa shape index (κ2) is 5.23. The molecule has 1 heterocycles. The van der Waals surface area contributed by atoms with Crippen molar-refractivity contribution in [3.8, 4) is 11.3 Å². The smallest absolute Gasteiger partial charge is 0.151 e. The first-order valence-electron chi connectivity index (χ1n) is 7.32. The van der Waals surface area contributed by atoms with Crippen LogP contribution in [0.2, 0.25) is 0 Å². The summed E-state index contributed by atoms with van der Waals surface area (Å²) in [5.41, 5.74) is 5.97. The number of rotatable bonds is 3. The third-order valence-corrected chi connectivity index (χ3v) is 4.52. The van der Waals surface area contributed by atoms with Gasteiger partial charge in [-0.3, -0.25) is 0 Å². The molecule has 1 N–H and O–H groups in total. The van der Waals surface area contributed by atoms with Crippen molar-refractivity contribution in [1.82, 2.24) is 10.2 Å². The normalized spacial score (nSPS) is 14.9. The van der Waals surface area contributed by atoms with Gasteiger partial charge in [-0.25, -0.2) is 0 Å². The first kappa shape index (κ1) is 13.1. The van der Waals surface area contributed by atoms with Crippen molar-refractivity contribution in [2.45, 2.75) is 39.0 Å². The average molecular weight is 267 g/mol. The minimum Gasteiger partial charge on any atom is -0.371 e. The standard InChI is InChI=1S/C17H21N3/c1-11-12(2)17(18-3)20-19-16(11)15-9-7-14(8-10-15)13-5-4-6-13/h7-10,13H,4-6H2,1-3H3,(H,18,20). The zero-order chi connectivity index (χ0) is 14.1. The number of nitrogens with one attached hydrogen (secondary N) is 1. The SMILES string of the molecule is CNc1nnc(-c2ccc(C3CCC3)cc2)c(C)c1C. The van der Waals surface area contributed by atoms with Crippen molar-refractivity contribution in [2.75, 3.05) is 12.4 Å². The van der Waals surface area contributed by atoms with E-state index in [0.717, 1.165) is 23.0 Å². The zero-order valence-corrected chi connectivity index (χ0v) is 12.4. The Morgan fingerprint density at radius 2 is 1.70 bits per heavy atom. The molecule has 1 fully saturated rings. The van der Waals surface area contributed by atoms with Gasteiger partial charge < -0.3 is 5.32 Å². The van der Waals surface area contributed by atoms with E-state index in [2.05, 4.69) is 53.6 Å². The molecule has 0 unspecified atom stereocenters. The predicted octanol–water partition coefficient (Wildman–Crippen LogP) is 4.07. The first-order valence-corrected chi connectivity index (χ1v) is 7.32. The molecule has 1 aliphatic rings. The Balaban J connectivity index is 1.94. The molecule has 0 aliphatic heterocycles. The van der Waals surface area contributed by atoms with Crippen molar-refractivity contribution >= 4 is 5.82 Å². The van der Waals surface area contributed by atoms with Gasteiger partial charge in [0.05, 0.1) is 5.69 Å². The van der Waals surface area contributed by atoms with Crippen LogP contribution >= 0.6 is 0 Å². The number of hydrogen-bond acceptors (Lipinski definition) is 3. The molecule has 3 rings (SSSR count). The molecule has 1 aromatic carbocycles. The Morgan fingerprint density at radius 1 is 1.00 bits per heavy atom. The van der Waals surface area contributed by atoms with E-state index in [-0.39, 0.29) is 0 Å². The molecule has 0 amide bonds. The molecular weight excluding hydrogens is 246 g/mol. The van der Waals surface area contributed by atoms with Crippen molar-refractivity contribution in [3.63, 3.8) is 0 Å². The molecule has 2 aromatic rings. The van der Waals surface area contributed by atoms with Gasteiger partial charge in [0.25, 0.3) is 0 Å². The monoisotopic (exact) mass is 267 g/mol. The van der Waals surface area contributed by atoms with Crippen LogP contribution in [0.25, 0.3) is 11.3 Å². The summed E-state index contributed by atoms with van der Waals surface area (Å²) < 4.78 is 0. The molecule has 0 atom stereocenters. The summed E-state index contributed by atoms with van der Waals surface area (Å²) >= 11 is 0. The Bertz CT molecular complexity index is 613. The number of nitrogens with zero attached hydrogens (tertiary/aromatic N) is 2. The highest BCUT2D eigenvalue weighted by Crippen LogP contribution is 2.37. The van der Waals surface area contributed by atoms with Crippen LogP contribution < -0.4 is 5.32 Å². The first-order chi connectivity index (χ1) is 9.70. The van der Waals surface area contributed by atoms with E-state index in [1.54, 1.807) is 0 Å². The second-order valence-corrected chi connectivity index (χ2v) is 5.65. The summed E-state index contributed by atoms with van der Waals surface area (Å²) in [5, 5.41) is 11.7. The Hall–Kier alpha value is -1.90. The largest absolute Gasteiger partial charge is 0.371 e. The lowest BCUT2D eigenvalue weighted by molar-refractivity contribution is 0.420. The topological polar surface area (TPSA) is 37.8 Å². The lowest BCUT2D eigenvalue weighted by Gasteiger charge is -2.25. The third-order valence-electron chi connectivity index (χ3n) is 4.52. The van der Waals surface area contributed by atoms with Crippen LogP contribution in [-0.2, 0) is 0 Å². The highest BCUT2D eigenvalue weighted by atomic mass is 15.2. The molecule has 20 heavy (non-hydrogen) atoms. The highest BCUT2D eigenvalue weighted by Gasteiger charge is 2.19. The maximum absolute atomic E-state index is 4.38. The minimum absolute atomic E-state index is 0.782. The van der Waals surface area contributed by atoms with Crippen molar-refractivity contribution in [3.05, 3.63) is 41.0 Å². The molecule has 1 aliphatic carbocycles. The number of anilines is 1. The van der Waals surface area contributed by atoms with Crippen LogP contribution in [0.3, 0.4) is 0 Å². The Labute approximate surface area is 120 Å². The molecule has 3 heteroatoms. The summed E-state index contributed by atoms with van der Waals surface area (Å²) in [7, 11) is 1.88. The lowest BCUT2D eigenvalue weighted by Crippen LogP contribution is -2.08. The third kappa shape index (κ3) is 2.17. The van der Waals surface area contributed by atoms with Crippen LogP contribution in [-0.4, -0.2) is 17.2 Å². The van der Waals surface area contributed by atoms with E-state index in [1.165, 1.54) is 36.0 Å². The Kier molecular flexibility index (Phi) is 3.43. The number of aromatic nitrogens is 2. The van der Waals surface area contributed by atoms with Crippen LogP contribution in [0.4, 0.5) is 5.82 Å². The molecular formula is C17H21N3. The highest BCUT2D eigenvalue weighted by molar-refractivity contribution is 5.66. The minimum atomic E-state index is 0.782. The summed E-state index contributed by atoms with van der Waals surface area (Å²) in [6.45, 7) is 4.20. The molecule has 1 saturated carbocycles. The molecule has 3 nitrogen and oxygen atoms in total. The van der Waals surface area contributed by atoms with Gasteiger partial charge in [0.1, 0.15) is 0 Å². The van der Waals surface area contributed by atoms with E-state index in [0.29, 0.717) is 0 Å². The van der Waals surface area contributed by atoms with Crippen molar-refractivity contribution in [1.29, 1.82) is 0 Å². The van der Waals surface area contributed by atoms with Crippen LogP contribution in [0.1, 0.15) is 41.9 Å². The predicted molar refractivity (Wildman–Crippen MR) is 83.1 cm³/mol. The van der Waals surface area contributed by atoms with Gasteiger partial charge in [-0.15, -0.1) is 10.2 Å². The van der Waals surface area contributed by atoms with Crippen LogP contribution in [0.15, 0.2) is 24.3 Å². The molecule has 104 valence electrons. The summed E-state index contributed by atoms with van der Waals surface area (Å²) in [6.07, 6.45) is 4.06. The quantitative estimate of drug-likeness (QED) is 0.911. The summed E-state index contributed by atoms with van der Waals surface area (Å²) in [5.74, 6) is 1.64. The van der Waals surface area contributed by atoms with Gasteiger partial charge >= 0.3 is 0 Å². The maximum atomic E-state index is 4.38. The van der Waals surface area contributed by atoms with Gasteiger partial charge in [0.2, 0.25) is 0 Å². The fourth-order valence-corrected chi connectivity index (χ4v) is 2.77. The van der Waals surface area contributed by atoms with Gasteiger partial charge in [0, 0.05) is 12.6 Å². The van der Waals surface area contributed by atoms with Crippen LogP contribution in [0.5, 0.6) is 0 Å². The maximum Gasteiger partial charge on any atom is 0.151 e. The number of benzene rings is 1. The average Bonchev–Trinajstić information content (AvgIpc) is 2.41. The van der Waals surface area contributed by atoms with Gasteiger partial charge in [-0.05, 0) is 49.3 Å². The van der Waals surface area contributed by atoms with Gasteiger partial charge in [0.15, 0.2) is 5.82 Å². The fraction of sp³-hybridized carbons (Fsp3) is 0.412. The molecule has 0 bridgehead atoms. The molecule has 1 aromatic heterocycles. The second-order valence-electron chi connectivity index (χ2n) is 5.65. The van der Waals surface area contributed by atoms with Crippen LogP contribution in [0, 0.1) is 13.8 Å². The summed E-state index contributed by atoms with van der Waals surface area (Å²) in [4.78, 5) is 0. The molecule has 0 spiro atoms. The van der Waals surface area contributed by atoms with Gasteiger partial charge in [-0.2, -0.15) is 0 Å².